The third kappa shape index (κ3) is 4.76. The fourth-order valence-corrected chi connectivity index (χ4v) is 2.12. The number of carbonyl (C=O) groups excluding carboxylic acids is 3. The Morgan fingerprint density at radius 1 is 1.29 bits per heavy atom. The highest BCUT2D eigenvalue weighted by atomic mass is 19.1. The van der Waals surface area contributed by atoms with Gasteiger partial charge >= 0.3 is 6.03 Å². The van der Waals surface area contributed by atoms with Gasteiger partial charge in [0.15, 0.2) is 5.78 Å². The van der Waals surface area contributed by atoms with Crippen molar-refractivity contribution in [3.63, 3.8) is 0 Å². The van der Waals surface area contributed by atoms with Crippen LogP contribution < -0.4 is 10.5 Å². The minimum absolute atomic E-state index is 0.0318. The largest absolute Gasteiger partial charge is 0.496 e. The Bertz CT molecular complexity index is 621. The number of amides is 3. The van der Waals surface area contributed by atoms with E-state index in [0.29, 0.717) is 0 Å². The molecular formula is C16H22FN3O4. The number of benzene rings is 1. The normalized spacial score (nSPS) is 10.2. The lowest BCUT2D eigenvalue weighted by atomic mass is 10.1. The van der Waals surface area contributed by atoms with Crippen LogP contribution in [-0.4, -0.2) is 61.3 Å². The predicted molar refractivity (Wildman–Crippen MR) is 86.4 cm³/mol. The van der Waals surface area contributed by atoms with Crippen LogP contribution in [0.15, 0.2) is 18.2 Å². The number of likely N-dealkylation sites (N-methyl/N-ethyl adjacent to an activating group) is 1. The van der Waals surface area contributed by atoms with E-state index in [4.69, 9.17) is 10.5 Å². The molecule has 0 heterocycles. The first-order valence-corrected chi connectivity index (χ1v) is 7.47. The minimum atomic E-state index is -0.629. The van der Waals surface area contributed by atoms with Gasteiger partial charge in [-0.15, -0.1) is 0 Å². The quantitative estimate of drug-likeness (QED) is 0.755. The fourth-order valence-electron chi connectivity index (χ4n) is 2.12. The summed E-state index contributed by atoms with van der Waals surface area (Å²) in [5.74, 6) is -1.25. The van der Waals surface area contributed by atoms with Crippen LogP contribution in [-0.2, 0) is 4.79 Å². The van der Waals surface area contributed by atoms with E-state index in [1.807, 2.05) is 0 Å². The summed E-state index contributed by atoms with van der Waals surface area (Å²) in [6.07, 6.45) is 0.144. The van der Waals surface area contributed by atoms with Crippen molar-refractivity contribution >= 4 is 17.7 Å². The summed E-state index contributed by atoms with van der Waals surface area (Å²) < 4.78 is 18.4. The second-order valence-electron chi connectivity index (χ2n) is 5.09. The lowest BCUT2D eigenvalue weighted by Gasteiger charge is -2.26. The summed E-state index contributed by atoms with van der Waals surface area (Å²) in [5, 5.41) is 0. The molecule has 0 saturated heterocycles. The molecule has 0 atom stereocenters. The lowest BCUT2D eigenvalue weighted by Crippen LogP contribution is -2.47. The van der Waals surface area contributed by atoms with E-state index in [-0.39, 0.29) is 43.3 Å². The molecule has 0 radical (unpaired) electrons. The average Bonchev–Trinajstić information content (AvgIpc) is 2.58. The average molecular weight is 339 g/mol. The first-order valence-electron chi connectivity index (χ1n) is 7.47. The molecule has 0 spiro atoms. The number of rotatable bonds is 7. The summed E-state index contributed by atoms with van der Waals surface area (Å²) in [6.45, 7) is 1.49. The van der Waals surface area contributed by atoms with Crippen LogP contribution in [0.5, 0.6) is 5.75 Å². The number of methoxy groups -OCH3 is 1. The van der Waals surface area contributed by atoms with Crippen molar-refractivity contribution in [3.05, 3.63) is 29.6 Å². The number of hydrogen-bond donors (Lipinski definition) is 1. The summed E-state index contributed by atoms with van der Waals surface area (Å²) in [6, 6.07) is 2.93. The fraction of sp³-hybridized carbons (Fsp3) is 0.438. The topological polar surface area (TPSA) is 92.9 Å². The van der Waals surface area contributed by atoms with E-state index in [0.717, 1.165) is 15.9 Å². The van der Waals surface area contributed by atoms with E-state index in [2.05, 4.69) is 0 Å². The van der Waals surface area contributed by atoms with Gasteiger partial charge in [-0.1, -0.05) is 6.92 Å². The van der Waals surface area contributed by atoms with Gasteiger partial charge in [0.05, 0.1) is 19.2 Å². The Balaban J connectivity index is 2.91. The van der Waals surface area contributed by atoms with Crippen LogP contribution >= 0.6 is 0 Å². The minimum Gasteiger partial charge on any atom is -0.496 e. The van der Waals surface area contributed by atoms with E-state index >= 15 is 0 Å². The number of Topliss-reactive ketones (excluding diaryl/α,β-unsaturated/α-hetero) is 1. The standard InChI is InChI=1S/C16H22FN3O4/c1-4-15(22)20(8-7-18)16(23)19(2)10-13(21)12-9-11(17)5-6-14(12)24-3/h5-6,9H,4,7-8,10,18H2,1-3H3. The molecule has 0 saturated carbocycles. The van der Waals surface area contributed by atoms with Gasteiger partial charge in [0.2, 0.25) is 5.91 Å². The molecule has 0 aromatic heterocycles. The van der Waals surface area contributed by atoms with Crippen LogP contribution in [0.1, 0.15) is 23.7 Å². The number of carbonyl (C=O) groups is 3. The first kappa shape index (κ1) is 19.6. The van der Waals surface area contributed by atoms with Crippen LogP contribution in [0.2, 0.25) is 0 Å². The third-order valence-electron chi connectivity index (χ3n) is 3.36. The summed E-state index contributed by atoms with van der Waals surface area (Å²) >= 11 is 0. The highest BCUT2D eigenvalue weighted by Crippen LogP contribution is 2.20. The highest BCUT2D eigenvalue weighted by Gasteiger charge is 2.25. The van der Waals surface area contributed by atoms with Crippen molar-refractivity contribution in [1.29, 1.82) is 0 Å². The van der Waals surface area contributed by atoms with Crippen molar-refractivity contribution < 1.29 is 23.5 Å². The van der Waals surface area contributed by atoms with Gasteiger partial charge in [-0.3, -0.25) is 14.5 Å². The monoisotopic (exact) mass is 339 g/mol. The molecule has 0 unspecified atom stereocenters. The van der Waals surface area contributed by atoms with Gasteiger partial charge in [-0.2, -0.15) is 0 Å². The van der Waals surface area contributed by atoms with Gasteiger partial charge in [0.1, 0.15) is 11.6 Å². The maximum Gasteiger partial charge on any atom is 0.326 e. The molecule has 1 rings (SSSR count). The molecule has 0 aliphatic rings. The zero-order valence-electron chi connectivity index (χ0n) is 14.0. The first-order chi connectivity index (χ1) is 11.3. The molecule has 3 amide bonds. The number of ether oxygens (including phenoxy) is 1. The lowest BCUT2D eigenvalue weighted by molar-refractivity contribution is -0.128. The SMILES string of the molecule is CCC(=O)N(CCN)C(=O)N(C)CC(=O)c1cc(F)ccc1OC. The van der Waals surface area contributed by atoms with Crippen molar-refractivity contribution in [1.82, 2.24) is 9.80 Å². The maximum atomic E-state index is 13.4. The Labute approximate surface area is 140 Å². The molecule has 0 aliphatic carbocycles. The summed E-state index contributed by atoms with van der Waals surface area (Å²) in [7, 11) is 2.75. The maximum absolute atomic E-state index is 13.4. The molecule has 1 aromatic carbocycles. The van der Waals surface area contributed by atoms with Gasteiger partial charge in [-0.25, -0.2) is 9.18 Å². The van der Waals surface area contributed by atoms with Crippen molar-refractivity contribution in [3.8, 4) is 5.75 Å². The second-order valence-corrected chi connectivity index (χ2v) is 5.09. The van der Waals surface area contributed by atoms with Gasteiger partial charge in [0, 0.05) is 26.6 Å². The van der Waals surface area contributed by atoms with E-state index in [9.17, 15) is 18.8 Å². The molecule has 24 heavy (non-hydrogen) atoms. The number of hydrogen-bond acceptors (Lipinski definition) is 5. The zero-order chi connectivity index (χ0) is 18.3. The number of urea groups is 1. The molecule has 0 fully saturated rings. The van der Waals surface area contributed by atoms with E-state index in [1.54, 1.807) is 6.92 Å². The third-order valence-corrected chi connectivity index (χ3v) is 3.36. The van der Waals surface area contributed by atoms with Gasteiger partial charge in [0.25, 0.3) is 0 Å². The van der Waals surface area contributed by atoms with Crippen molar-refractivity contribution in [2.24, 2.45) is 5.73 Å². The van der Waals surface area contributed by atoms with Crippen LogP contribution in [0.4, 0.5) is 9.18 Å². The Hall–Kier alpha value is -2.48. The number of imide groups is 1. The number of nitrogens with two attached hydrogens (primary N) is 1. The molecular weight excluding hydrogens is 317 g/mol. The molecule has 8 heteroatoms. The Morgan fingerprint density at radius 3 is 2.50 bits per heavy atom. The smallest absolute Gasteiger partial charge is 0.326 e. The molecule has 0 bridgehead atoms. The van der Waals surface area contributed by atoms with Gasteiger partial charge in [-0.05, 0) is 18.2 Å². The van der Waals surface area contributed by atoms with Crippen molar-refractivity contribution in [2.45, 2.75) is 13.3 Å². The number of ketones is 1. The van der Waals surface area contributed by atoms with E-state index < -0.39 is 17.6 Å². The van der Waals surface area contributed by atoms with Crippen LogP contribution in [0, 0.1) is 5.82 Å². The van der Waals surface area contributed by atoms with Gasteiger partial charge < -0.3 is 15.4 Å². The highest BCUT2D eigenvalue weighted by molar-refractivity contribution is 6.02. The molecule has 1 aromatic rings. The van der Waals surface area contributed by atoms with Crippen molar-refractivity contribution in [2.75, 3.05) is 33.8 Å². The molecule has 132 valence electrons. The zero-order valence-corrected chi connectivity index (χ0v) is 14.0. The van der Waals surface area contributed by atoms with E-state index in [1.165, 1.54) is 26.3 Å². The second kappa shape index (κ2) is 8.97. The molecule has 7 nitrogen and oxygen atoms in total. The molecule has 2 N–H and O–H groups in total. The number of nitrogens with zero attached hydrogens (tertiary/aromatic N) is 2. The Morgan fingerprint density at radius 2 is 1.96 bits per heavy atom. The summed E-state index contributed by atoms with van der Waals surface area (Å²) in [4.78, 5) is 38.6. The van der Waals surface area contributed by atoms with Crippen LogP contribution in [0.3, 0.4) is 0 Å². The molecule has 0 aliphatic heterocycles. The predicted octanol–water partition coefficient (Wildman–Crippen LogP) is 1.27. The summed E-state index contributed by atoms with van der Waals surface area (Å²) in [5.41, 5.74) is 5.45. The number of halogens is 1. The Kier molecular flexibility index (Phi) is 7.31. The van der Waals surface area contributed by atoms with Crippen LogP contribution in [0.25, 0.3) is 0 Å².